The van der Waals surface area contributed by atoms with Gasteiger partial charge in [-0.15, -0.1) is 0 Å². The molecule has 3 rings (SSSR count). The van der Waals surface area contributed by atoms with Crippen LogP contribution in [-0.4, -0.2) is 35.7 Å². The topological polar surface area (TPSA) is 60.4 Å². The number of hydrogen-bond acceptors (Lipinski definition) is 6. The highest BCUT2D eigenvalue weighted by Crippen LogP contribution is 2.26. The summed E-state index contributed by atoms with van der Waals surface area (Å²) in [4.78, 5) is 14.9. The number of pyridine rings is 1. The van der Waals surface area contributed by atoms with Gasteiger partial charge in [-0.05, 0) is 23.1 Å². The molecule has 21 heavy (non-hydrogen) atoms. The third-order valence-corrected chi connectivity index (χ3v) is 3.69. The molecule has 6 heteroatoms. The van der Waals surface area contributed by atoms with Gasteiger partial charge in [0.15, 0.2) is 0 Å². The van der Waals surface area contributed by atoms with E-state index in [4.69, 9.17) is 9.47 Å². The van der Waals surface area contributed by atoms with Crippen LogP contribution in [0.15, 0.2) is 24.8 Å². The first kappa shape index (κ1) is 13.8. The fourth-order valence-corrected chi connectivity index (χ4v) is 2.66. The van der Waals surface area contributed by atoms with E-state index in [0.29, 0.717) is 12.5 Å². The van der Waals surface area contributed by atoms with E-state index >= 15 is 0 Å². The highest BCUT2D eigenvalue weighted by Gasteiger charge is 2.20. The molecule has 0 aromatic carbocycles. The van der Waals surface area contributed by atoms with E-state index in [1.807, 2.05) is 18.5 Å². The molecule has 1 aliphatic heterocycles. The van der Waals surface area contributed by atoms with Gasteiger partial charge in [-0.25, -0.2) is 9.97 Å². The summed E-state index contributed by atoms with van der Waals surface area (Å²) < 4.78 is 10.4. The summed E-state index contributed by atoms with van der Waals surface area (Å²) in [6.45, 7) is 2.31. The van der Waals surface area contributed by atoms with E-state index < -0.39 is 0 Å². The number of nitrogens with zero attached hydrogens (tertiary/aromatic N) is 4. The van der Waals surface area contributed by atoms with Crippen molar-refractivity contribution in [1.82, 2.24) is 15.0 Å². The van der Waals surface area contributed by atoms with Gasteiger partial charge in [0.1, 0.15) is 12.1 Å². The summed E-state index contributed by atoms with van der Waals surface area (Å²) in [5.74, 6) is 1.46. The zero-order chi connectivity index (χ0) is 14.7. The Bertz CT molecular complexity index is 633. The van der Waals surface area contributed by atoms with E-state index in [2.05, 4.69) is 19.9 Å². The van der Waals surface area contributed by atoms with E-state index in [0.717, 1.165) is 25.3 Å². The fraction of sp³-hybridized carbons (Fsp3) is 0.400. The minimum absolute atomic E-state index is 0.581. The predicted octanol–water partition coefficient (Wildman–Crippen LogP) is 1.59. The van der Waals surface area contributed by atoms with Crippen LogP contribution in [0.3, 0.4) is 0 Å². The van der Waals surface area contributed by atoms with Gasteiger partial charge in [-0.3, -0.25) is 4.98 Å². The number of anilines is 1. The Morgan fingerprint density at radius 2 is 2.14 bits per heavy atom. The quantitative estimate of drug-likeness (QED) is 0.850. The van der Waals surface area contributed by atoms with Crippen molar-refractivity contribution in [3.8, 4) is 5.88 Å². The molecule has 1 aliphatic rings. The Hall–Kier alpha value is -2.21. The van der Waals surface area contributed by atoms with Gasteiger partial charge in [0, 0.05) is 38.7 Å². The minimum Gasteiger partial charge on any atom is -0.481 e. The molecule has 0 radical (unpaired) electrons. The molecule has 0 saturated heterocycles. The van der Waals surface area contributed by atoms with Crippen LogP contribution in [0.4, 0.5) is 5.82 Å². The Morgan fingerprint density at radius 3 is 2.95 bits per heavy atom. The average molecular weight is 286 g/mol. The lowest BCUT2D eigenvalue weighted by Gasteiger charge is -2.30. The normalized spacial score (nSPS) is 13.9. The van der Waals surface area contributed by atoms with Crippen LogP contribution in [0.1, 0.15) is 16.7 Å². The van der Waals surface area contributed by atoms with Crippen LogP contribution in [0.5, 0.6) is 5.88 Å². The molecule has 0 N–H and O–H groups in total. The smallest absolute Gasteiger partial charge is 0.218 e. The van der Waals surface area contributed by atoms with Crippen molar-refractivity contribution in [2.45, 2.75) is 19.6 Å². The molecule has 0 spiro atoms. The second kappa shape index (κ2) is 6.05. The zero-order valence-corrected chi connectivity index (χ0v) is 12.2. The number of aromatic nitrogens is 3. The molecule has 0 fully saturated rings. The number of fused-ring (bicyclic) bond motifs is 1. The maximum absolute atomic E-state index is 5.24. The molecule has 2 aromatic heterocycles. The molecule has 6 nitrogen and oxygen atoms in total. The van der Waals surface area contributed by atoms with Crippen molar-refractivity contribution in [3.63, 3.8) is 0 Å². The van der Waals surface area contributed by atoms with Crippen molar-refractivity contribution >= 4 is 5.82 Å². The molecular weight excluding hydrogens is 268 g/mol. The third-order valence-electron chi connectivity index (χ3n) is 3.69. The maximum Gasteiger partial charge on any atom is 0.218 e. The summed E-state index contributed by atoms with van der Waals surface area (Å²) in [6, 6.07) is 1.86. The average Bonchev–Trinajstić information content (AvgIpc) is 2.55. The van der Waals surface area contributed by atoms with Gasteiger partial charge in [0.05, 0.1) is 13.7 Å². The molecule has 3 heterocycles. The Kier molecular flexibility index (Phi) is 3.96. The predicted molar refractivity (Wildman–Crippen MR) is 78.3 cm³/mol. The first-order chi connectivity index (χ1) is 10.3. The first-order valence-electron chi connectivity index (χ1n) is 6.86. The largest absolute Gasteiger partial charge is 0.481 e. The number of hydrogen-bond donors (Lipinski definition) is 0. The van der Waals surface area contributed by atoms with E-state index in [9.17, 15) is 0 Å². The van der Waals surface area contributed by atoms with E-state index in [-0.39, 0.29) is 0 Å². The number of methoxy groups -OCH3 is 2. The molecule has 0 atom stereocenters. The summed E-state index contributed by atoms with van der Waals surface area (Å²) in [6.07, 6.45) is 6.32. The monoisotopic (exact) mass is 286 g/mol. The number of ether oxygens (including phenoxy) is 2. The van der Waals surface area contributed by atoms with Gasteiger partial charge in [-0.1, -0.05) is 0 Å². The first-order valence-corrected chi connectivity index (χ1v) is 6.86. The van der Waals surface area contributed by atoms with Crippen LogP contribution in [0, 0.1) is 0 Å². The highest BCUT2D eigenvalue weighted by atomic mass is 16.5. The molecule has 2 aromatic rings. The van der Waals surface area contributed by atoms with Crippen molar-refractivity contribution in [2.24, 2.45) is 0 Å². The van der Waals surface area contributed by atoms with Gasteiger partial charge in [0.2, 0.25) is 5.88 Å². The summed E-state index contributed by atoms with van der Waals surface area (Å²) in [5, 5.41) is 0. The molecule has 0 bridgehead atoms. The SMILES string of the molecule is COCc1cncc2c1CCN(c1cc(OC)ncn1)C2. The molecule has 0 unspecified atom stereocenters. The number of rotatable bonds is 4. The maximum atomic E-state index is 5.24. The lowest BCUT2D eigenvalue weighted by molar-refractivity contribution is 0.183. The Labute approximate surface area is 123 Å². The van der Waals surface area contributed by atoms with Gasteiger partial charge in [0.25, 0.3) is 0 Å². The van der Waals surface area contributed by atoms with Crippen LogP contribution in [0.25, 0.3) is 0 Å². The van der Waals surface area contributed by atoms with Crippen molar-refractivity contribution in [2.75, 3.05) is 25.7 Å². The van der Waals surface area contributed by atoms with Crippen LogP contribution in [0.2, 0.25) is 0 Å². The zero-order valence-electron chi connectivity index (χ0n) is 12.2. The molecule has 0 aliphatic carbocycles. The summed E-state index contributed by atoms with van der Waals surface area (Å²) >= 11 is 0. The van der Waals surface area contributed by atoms with Crippen LogP contribution < -0.4 is 9.64 Å². The molecule has 110 valence electrons. The van der Waals surface area contributed by atoms with Crippen molar-refractivity contribution in [3.05, 3.63) is 41.5 Å². The van der Waals surface area contributed by atoms with Gasteiger partial charge >= 0.3 is 0 Å². The van der Waals surface area contributed by atoms with Crippen LogP contribution >= 0.6 is 0 Å². The Balaban J connectivity index is 1.85. The summed E-state index contributed by atoms with van der Waals surface area (Å²) in [7, 11) is 3.32. The van der Waals surface area contributed by atoms with E-state index in [1.165, 1.54) is 23.0 Å². The molecular formula is C15H18N4O2. The van der Waals surface area contributed by atoms with Crippen molar-refractivity contribution in [1.29, 1.82) is 0 Å². The van der Waals surface area contributed by atoms with Gasteiger partial charge < -0.3 is 14.4 Å². The van der Waals surface area contributed by atoms with E-state index in [1.54, 1.807) is 14.2 Å². The minimum atomic E-state index is 0.581. The fourth-order valence-electron chi connectivity index (χ4n) is 2.66. The molecule has 0 saturated carbocycles. The van der Waals surface area contributed by atoms with Crippen LogP contribution in [-0.2, 0) is 24.3 Å². The lowest BCUT2D eigenvalue weighted by Crippen LogP contribution is -2.32. The molecule has 0 amide bonds. The second-order valence-electron chi connectivity index (χ2n) is 4.96. The highest BCUT2D eigenvalue weighted by molar-refractivity contribution is 5.46. The lowest BCUT2D eigenvalue weighted by atomic mass is 9.97. The summed E-state index contributed by atoms with van der Waals surface area (Å²) in [5.41, 5.74) is 3.76. The third kappa shape index (κ3) is 2.80. The standard InChI is InChI=1S/C15H18N4O2/c1-20-9-12-7-16-6-11-8-19(4-3-13(11)12)14-5-15(21-2)18-10-17-14/h5-7,10H,3-4,8-9H2,1-2H3. The van der Waals surface area contributed by atoms with Crippen molar-refractivity contribution < 1.29 is 9.47 Å². The van der Waals surface area contributed by atoms with Gasteiger partial charge in [-0.2, -0.15) is 0 Å². The second-order valence-corrected chi connectivity index (χ2v) is 4.96. The Morgan fingerprint density at radius 1 is 1.24 bits per heavy atom.